The summed E-state index contributed by atoms with van der Waals surface area (Å²) < 4.78 is 5.90. The molecule has 2 aromatic rings. The molecule has 0 amide bonds. The summed E-state index contributed by atoms with van der Waals surface area (Å²) >= 11 is 0. The zero-order valence-corrected chi connectivity index (χ0v) is 16.7. The Labute approximate surface area is 166 Å². The first kappa shape index (κ1) is 18.3. The molecule has 8 nitrogen and oxygen atoms in total. The molecule has 5 heterocycles. The van der Waals surface area contributed by atoms with E-state index in [9.17, 15) is 0 Å². The van der Waals surface area contributed by atoms with Crippen LogP contribution < -0.4 is 15.5 Å². The molecule has 3 fully saturated rings. The Bertz CT molecular complexity index is 811. The summed E-state index contributed by atoms with van der Waals surface area (Å²) in [5.41, 5.74) is 1.18. The number of hydrogen-bond acceptors (Lipinski definition) is 7. The minimum Gasteiger partial charge on any atom is -0.354 e. The van der Waals surface area contributed by atoms with Crippen molar-refractivity contribution in [2.45, 2.75) is 43.6 Å². The van der Waals surface area contributed by atoms with E-state index < -0.39 is 0 Å². The van der Waals surface area contributed by atoms with E-state index >= 15 is 0 Å². The van der Waals surface area contributed by atoms with E-state index in [1.54, 1.807) is 6.33 Å². The van der Waals surface area contributed by atoms with Crippen molar-refractivity contribution < 1.29 is 4.74 Å². The number of ether oxygens (including phenoxy) is 1. The number of likely N-dealkylation sites (N-methyl/N-ethyl adjacent to an activating group) is 1. The lowest BCUT2D eigenvalue weighted by Gasteiger charge is -2.46. The van der Waals surface area contributed by atoms with Crippen LogP contribution in [0.4, 0.5) is 5.82 Å². The van der Waals surface area contributed by atoms with Gasteiger partial charge >= 0.3 is 0 Å². The molecule has 0 saturated carbocycles. The van der Waals surface area contributed by atoms with Crippen LogP contribution in [0.25, 0.3) is 11.0 Å². The number of H-pyrrole nitrogens is 1. The Morgan fingerprint density at radius 1 is 1.25 bits per heavy atom. The van der Waals surface area contributed by atoms with Crippen molar-refractivity contribution in [3.8, 4) is 0 Å². The third kappa shape index (κ3) is 3.39. The molecular formula is C20H31N7O. The van der Waals surface area contributed by atoms with Crippen molar-refractivity contribution in [1.29, 1.82) is 0 Å². The first-order chi connectivity index (χ1) is 13.8. The SMILES string of the molecule is CNCCNC1OC1CN1CCCC12CCCN(c1ncnc3[nH]ccc13)C2. The summed E-state index contributed by atoms with van der Waals surface area (Å²) in [4.78, 5) is 17.4. The summed E-state index contributed by atoms with van der Waals surface area (Å²) in [6, 6.07) is 2.10. The maximum Gasteiger partial charge on any atom is 0.142 e. The lowest BCUT2D eigenvalue weighted by Crippen LogP contribution is -2.57. The Hall–Kier alpha value is -1.74. The van der Waals surface area contributed by atoms with Crippen molar-refractivity contribution >= 4 is 16.9 Å². The van der Waals surface area contributed by atoms with Crippen LogP contribution in [0, 0.1) is 0 Å². The van der Waals surface area contributed by atoms with Gasteiger partial charge in [0.2, 0.25) is 0 Å². The van der Waals surface area contributed by atoms with E-state index in [0.717, 1.165) is 49.6 Å². The van der Waals surface area contributed by atoms with Crippen LogP contribution >= 0.6 is 0 Å². The van der Waals surface area contributed by atoms with Gasteiger partial charge in [-0.3, -0.25) is 10.2 Å². The molecule has 152 valence electrons. The van der Waals surface area contributed by atoms with Gasteiger partial charge in [-0.25, -0.2) is 9.97 Å². The molecule has 3 aliphatic heterocycles. The fourth-order valence-electron chi connectivity index (χ4n) is 5.16. The normalized spacial score (nSPS) is 30.5. The van der Waals surface area contributed by atoms with Gasteiger partial charge in [0.25, 0.3) is 0 Å². The molecule has 28 heavy (non-hydrogen) atoms. The quantitative estimate of drug-likeness (QED) is 0.483. The van der Waals surface area contributed by atoms with Gasteiger partial charge in [0.05, 0.1) is 5.39 Å². The first-order valence-electron chi connectivity index (χ1n) is 10.6. The van der Waals surface area contributed by atoms with Crippen LogP contribution in [-0.2, 0) is 4.74 Å². The summed E-state index contributed by atoms with van der Waals surface area (Å²) in [5, 5.41) is 7.78. The second-order valence-corrected chi connectivity index (χ2v) is 8.39. The predicted octanol–water partition coefficient (Wildman–Crippen LogP) is 0.927. The zero-order chi connectivity index (χ0) is 19.0. The molecule has 3 N–H and O–H groups in total. The Morgan fingerprint density at radius 2 is 2.14 bits per heavy atom. The fourth-order valence-corrected chi connectivity index (χ4v) is 5.16. The van der Waals surface area contributed by atoms with Gasteiger partial charge < -0.3 is 19.9 Å². The van der Waals surface area contributed by atoms with Gasteiger partial charge in [-0.1, -0.05) is 0 Å². The molecule has 0 aromatic carbocycles. The Morgan fingerprint density at radius 3 is 3.04 bits per heavy atom. The second-order valence-electron chi connectivity index (χ2n) is 8.39. The first-order valence-corrected chi connectivity index (χ1v) is 10.6. The molecule has 3 atom stereocenters. The second kappa shape index (κ2) is 7.59. The number of fused-ring (bicyclic) bond motifs is 1. The van der Waals surface area contributed by atoms with Crippen molar-refractivity contribution in [3.63, 3.8) is 0 Å². The minimum absolute atomic E-state index is 0.229. The topological polar surface area (TPSA) is 84.6 Å². The standard InChI is InChI=1S/C20H31N7O/c1-21-8-9-23-19-16(28-19)12-27-11-3-6-20(27)5-2-10-26(13-20)18-15-4-7-22-17(15)24-14-25-18/h4,7,14,16,19,21,23H,2-3,5-6,8-13H2,1H3,(H,22,24,25). The number of likely N-dealkylation sites (tertiary alicyclic amines) is 1. The molecule has 8 heteroatoms. The van der Waals surface area contributed by atoms with Gasteiger partial charge in [-0.15, -0.1) is 0 Å². The van der Waals surface area contributed by atoms with Gasteiger partial charge in [0.1, 0.15) is 30.1 Å². The molecule has 2 aromatic heterocycles. The van der Waals surface area contributed by atoms with Crippen molar-refractivity contribution in [2.75, 3.05) is 51.2 Å². The summed E-state index contributed by atoms with van der Waals surface area (Å²) in [5.74, 6) is 1.08. The largest absolute Gasteiger partial charge is 0.354 e. The highest BCUT2D eigenvalue weighted by molar-refractivity contribution is 5.87. The van der Waals surface area contributed by atoms with Crippen LogP contribution in [0.1, 0.15) is 25.7 Å². The molecule has 5 rings (SSSR count). The third-order valence-corrected chi connectivity index (χ3v) is 6.63. The number of piperidine rings is 1. The van der Waals surface area contributed by atoms with E-state index in [2.05, 4.69) is 41.5 Å². The highest BCUT2D eigenvalue weighted by Crippen LogP contribution is 2.40. The smallest absolute Gasteiger partial charge is 0.142 e. The van der Waals surface area contributed by atoms with Gasteiger partial charge in [0, 0.05) is 44.5 Å². The van der Waals surface area contributed by atoms with E-state index in [-0.39, 0.29) is 11.8 Å². The summed E-state index contributed by atoms with van der Waals surface area (Å²) in [7, 11) is 1.98. The molecular weight excluding hydrogens is 354 g/mol. The number of nitrogens with zero attached hydrogens (tertiary/aromatic N) is 4. The van der Waals surface area contributed by atoms with Crippen LogP contribution in [0.15, 0.2) is 18.6 Å². The van der Waals surface area contributed by atoms with E-state index in [4.69, 9.17) is 4.74 Å². The third-order valence-electron chi connectivity index (χ3n) is 6.63. The van der Waals surface area contributed by atoms with E-state index in [0.29, 0.717) is 6.10 Å². The average Bonchev–Trinajstić information content (AvgIpc) is 3.10. The summed E-state index contributed by atoms with van der Waals surface area (Å²) in [6.45, 7) is 6.27. The monoisotopic (exact) mass is 385 g/mol. The van der Waals surface area contributed by atoms with Crippen LogP contribution in [-0.4, -0.2) is 84.0 Å². The fraction of sp³-hybridized carbons (Fsp3) is 0.700. The highest BCUT2D eigenvalue weighted by Gasteiger charge is 2.48. The number of epoxide rings is 1. The van der Waals surface area contributed by atoms with Crippen molar-refractivity contribution in [2.24, 2.45) is 0 Å². The van der Waals surface area contributed by atoms with Gasteiger partial charge in [-0.05, 0) is 45.3 Å². The number of hydrogen-bond donors (Lipinski definition) is 3. The highest BCUT2D eigenvalue weighted by atomic mass is 16.6. The number of nitrogens with one attached hydrogen (secondary N) is 3. The maximum atomic E-state index is 5.90. The average molecular weight is 386 g/mol. The van der Waals surface area contributed by atoms with Crippen molar-refractivity contribution in [1.82, 2.24) is 30.5 Å². The van der Waals surface area contributed by atoms with Crippen LogP contribution in [0.3, 0.4) is 0 Å². The molecule has 3 aliphatic rings. The van der Waals surface area contributed by atoms with Crippen LogP contribution in [0.2, 0.25) is 0 Å². The predicted molar refractivity (Wildman–Crippen MR) is 109 cm³/mol. The minimum atomic E-state index is 0.229. The van der Waals surface area contributed by atoms with Gasteiger partial charge in [-0.2, -0.15) is 0 Å². The summed E-state index contributed by atoms with van der Waals surface area (Å²) in [6.07, 6.45) is 9.23. The molecule has 3 saturated heterocycles. The number of aromatic amines is 1. The molecule has 0 aliphatic carbocycles. The van der Waals surface area contributed by atoms with E-state index in [1.165, 1.54) is 32.2 Å². The number of rotatable bonds is 7. The lowest BCUT2D eigenvalue weighted by atomic mass is 9.86. The lowest BCUT2D eigenvalue weighted by molar-refractivity contribution is 0.107. The van der Waals surface area contributed by atoms with E-state index in [1.807, 2.05) is 13.2 Å². The number of anilines is 1. The van der Waals surface area contributed by atoms with Crippen molar-refractivity contribution in [3.05, 3.63) is 18.6 Å². The molecule has 1 spiro atoms. The number of aromatic nitrogens is 3. The Balaban J connectivity index is 1.27. The van der Waals surface area contributed by atoms with Crippen LogP contribution in [0.5, 0.6) is 0 Å². The molecule has 0 radical (unpaired) electrons. The maximum absolute atomic E-state index is 5.90. The molecule has 0 bridgehead atoms. The Kier molecular flexibility index (Phi) is 4.96. The van der Waals surface area contributed by atoms with Gasteiger partial charge in [0.15, 0.2) is 0 Å². The zero-order valence-electron chi connectivity index (χ0n) is 16.7. The molecule has 3 unspecified atom stereocenters.